The Morgan fingerprint density at radius 2 is 2.25 bits per heavy atom. The molecule has 1 N–H and O–H groups in total. The summed E-state index contributed by atoms with van der Waals surface area (Å²) in [6.07, 6.45) is 1.33. The molecule has 0 fully saturated rings. The largest absolute Gasteiger partial charge is 0.363 e. The van der Waals surface area contributed by atoms with Crippen LogP contribution in [-0.4, -0.2) is 11.1 Å². The van der Waals surface area contributed by atoms with Crippen LogP contribution in [0.4, 0.5) is 10.2 Å². The van der Waals surface area contributed by atoms with Crippen molar-refractivity contribution in [1.29, 1.82) is 0 Å². The summed E-state index contributed by atoms with van der Waals surface area (Å²) in [4.78, 5) is 11.7. The van der Waals surface area contributed by atoms with Crippen LogP contribution >= 0.6 is 15.9 Å². The normalized spacial score (nSPS) is 10.1. The molecule has 2 aromatic rings. The van der Waals surface area contributed by atoms with Crippen LogP contribution in [0.15, 0.2) is 39.5 Å². The predicted octanol–water partition coefficient (Wildman–Crippen LogP) is 2.83. The van der Waals surface area contributed by atoms with Crippen molar-refractivity contribution in [2.45, 2.75) is 0 Å². The lowest BCUT2D eigenvalue weighted by atomic mass is 10.2. The second kappa shape index (κ2) is 4.44. The fraction of sp³-hybridized carbons (Fsp3) is 0. The van der Waals surface area contributed by atoms with Crippen molar-refractivity contribution in [3.8, 4) is 0 Å². The summed E-state index contributed by atoms with van der Waals surface area (Å²) in [5.74, 6) is -0.672. The number of hydrogen-bond donors (Lipinski definition) is 1. The van der Waals surface area contributed by atoms with E-state index in [4.69, 9.17) is 0 Å². The Bertz CT molecular complexity index is 514. The Kier molecular flexibility index (Phi) is 3.00. The third-order valence-electron chi connectivity index (χ3n) is 1.88. The van der Waals surface area contributed by atoms with Gasteiger partial charge in [0.05, 0.1) is 10.0 Å². The van der Waals surface area contributed by atoms with Gasteiger partial charge in [-0.1, -0.05) is 11.2 Å². The number of hydrogen-bond acceptors (Lipinski definition) is 3. The molecule has 0 aliphatic rings. The molecular formula is C10H6BrFN2O2. The first kappa shape index (κ1) is 10.8. The Balaban J connectivity index is 2.24. The highest BCUT2D eigenvalue weighted by Gasteiger charge is 2.13. The Morgan fingerprint density at radius 3 is 2.94 bits per heavy atom. The third kappa shape index (κ3) is 2.11. The van der Waals surface area contributed by atoms with E-state index in [-0.39, 0.29) is 15.9 Å². The van der Waals surface area contributed by atoms with Gasteiger partial charge in [0, 0.05) is 6.07 Å². The lowest BCUT2D eigenvalue weighted by molar-refractivity contribution is 0.102. The molecule has 16 heavy (non-hydrogen) atoms. The van der Waals surface area contributed by atoms with Crippen LogP contribution in [-0.2, 0) is 0 Å². The van der Waals surface area contributed by atoms with Gasteiger partial charge >= 0.3 is 0 Å². The zero-order valence-electron chi connectivity index (χ0n) is 7.91. The van der Waals surface area contributed by atoms with E-state index in [1.807, 2.05) is 0 Å². The van der Waals surface area contributed by atoms with E-state index in [9.17, 15) is 9.18 Å². The maximum absolute atomic E-state index is 13.2. The van der Waals surface area contributed by atoms with Gasteiger partial charge in [0.1, 0.15) is 12.1 Å². The number of anilines is 1. The van der Waals surface area contributed by atoms with Gasteiger partial charge in [-0.2, -0.15) is 0 Å². The number of benzene rings is 1. The van der Waals surface area contributed by atoms with E-state index >= 15 is 0 Å². The minimum atomic E-state index is -0.493. The van der Waals surface area contributed by atoms with Gasteiger partial charge < -0.3 is 9.84 Å². The minimum Gasteiger partial charge on any atom is -0.363 e. The molecular weight excluding hydrogens is 279 g/mol. The lowest BCUT2D eigenvalue weighted by Crippen LogP contribution is -2.13. The number of rotatable bonds is 2. The van der Waals surface area contributed by atoms with Crippen LogP contribution in [0.3, 0.4) is 0 Å². The van der Waals surface area contributed by atoms with Gasteiger partial charge in [0.15, 0.2) is 5.82 Å². The topological polar surface area (TPSA) is 55.1 Å². The Labute approximate surface area is 98.6 Å². The summed E-state index contributed by atoms with van der Waals surface area (Å²) >= 11 is 3.01. The maximum atomic E-state index is 13.2. The second-order valence-electron chi connectivity index (χ2n) is 2.94. The molecule has 0 saturated heterocycles. The van der Waals surface area contributed by atoms with E-state index in [0.29, 0.717) is 0 Å². The summed E-state index contributed by atoms with van der Waals surface area (Å²) in [7, 11) is 0. The van der Waals surface area contributed by atoms with Crippen LogP contribution < -0.4 is 5.32 Å². The van der Waals surface area contributed by atoms with E-state index in [1.165, 1.54) is 30.5 Å². The molecule has 2 rings (SSSR count). The molecule has 0 atom stereocenters. The number of halogens is 2. The van der Waals surface area contributed by atoms with E-state index in [1.54, 1.807) is 0 Å². The molecule has 1 heterocycles. The van der Waals surface area contributed by atoms with E-state index in [2.05, 4.69) is 30.9 Å². The molecule has 0 radical (unpaired) electrons. The number of amides is 1. The summed E-state index contributed by atoms with van der Waals surface area (Å²) < 4.78 is 17.8. The quantitative estimate of drug-likeness (QED) is 0.923. The molecule has 82 valence electrons. The molecule has 4 nitrogen and oxygen atoms in total. The molecule has 0 bridgehead atoms. The first-order valence-electron chi connectivity index (χ1n) is 4.34. The molecule has 0 aliphatic heterocycles. The first-order chi connectivity index (χ1) is 7.68. The van der Waals surface area contributed by atoms with Crippen LogP contribution in [0, 0.1) is 5.82 Å². The van der Waals surface area contributed by atoms with Crippen LogP contribution in [0.1, 0.15) is 10.4 Å². The highest BCUT2D eigenvalue weighted by atomic mass is 79.9. The van der Waals surface area contributed by atoms with Crippen molar-refractivity contribution < 1.29 is 13.7 Å². The molecule has 1 aromatic heterocycles. The van der Waals surface area contributed by atoms with Gasteiger partial charge in [-0.3, -0.25) is 4.79 Å². The summed E-state index contributed by atoms with van der Waals surface area (Å²) in [5, 5.41) is 5.98. The SMILES string of the molecule is O=C(Nc1ccon1)c1cccc(F)c1Br. The van der Waals surface area contributed by atoms with E-state index in [0.717, 1.165) is 0 Å². The van der Waals surface area contributed by atoms with Crippen molar-refractivity contribution in [1.82, 2.24) is 5.16 Å². The Hall–Kier alpha value is -1.69. The van der Waals surface area contributed by atoms with Gasteiger partial charge in [-0.05, 0) is 28.1 Å². The summed E-state index contributed by atoms with van der Waals surface area (Å²) in [5.41, 5.74) is 0.197. The maximum Gasteiger partial charge on any atom is 0.258 e. The molecule has 6 heteroatoms. The van der Waals surface area contributed by atoms with Crippen LogP contribution in [0.5, 0.6) is 0 Å². The van der Waals surface area contributed by atoms with Crippen molar-refractivity contribution in [3.05, 3.63) is 46.4 Å². The van der Waals surface area contributed by atoms with Crippen LogP contribution in [0.25, 0.3) is 0 Å². The van der Waals surface area contributed by atoms with Gasteiger partial charge in [0.2, 0.25) is 0 Å². The minimum absolute atomic E-state index is 0.121. The third-order valence-corrected chi connectivity index (χ3v) is 2.68. The van der Waals surface area contributed by atoms with Gasteiger partial charge in [-0.25, -0.2) is 4.39 Å². The number of nitrogens with zero attached hydrogens (tertiary/aromatic N) is 1. The standard InChI is InChI=1S/C10H6BrFN2O2/c11-9-6(2-1-3-7(9)12)10(15)13-8-4-5-16-14-8/h1-5H,(H,13,14,15). The average Bonchev–Trinajstić information content (AvgIpc) is 2.74. The fourth-order valence-corrected chi connectivity index (χ4v) is 1.58. The van der Waals surface area contributed by atoms with E-state index < -0.39 is 11.7 Å². The summed E-state index contributed by atoms with van der Waals surface area (Å²) in [6.45, 7) is 0. The molecule has 0 aliphatic carbocycles. The average molecular weight is 285 g/mol. The number of carbonyl (C=O) groups is 1. The van der Waals surface area contributed by atoms with Crippen LogP contribution in [0.2, 0.25) is 0 Å². The molecule has 1 aromatic carbocycles. The fourth-order valence-electron chi connectivity index (χ4n) is 1.14. The second-order valence-corrected chi connectivity index (χ2v) is 3.73. The lowest BCUT2D eigenvalue weighted by Gasteiger charge is -2.04. The van der Waals surface area contributed by atoms with Crippen molar-refractivity contribution in [2.75, 3.05) is 5.32 Å². The summed E-state index contributed by atoms with van der Waals surface area (Å²) in [6, 6.07) is 5.71. The molecule has 0 spiro atoms. The predicted molar refractivity (Wildman–Crippen MR) is 58.6 cm³/mol. The van der Waals surface area contributed by atoms with Crippen molar-refractivity contribution in [3.63, 3.8) is 0 Å². The monoisotopic (exact) mass is 284 g/mol. The van der Waals surface area contributed by atoms with Gasteiger partial charge in [-0.15, -0.1) is 0 Å². The number of carbonyl (C=O) groups excluding carboxylic acids is 1. The molecule has 0 unspecified atom stereocenters. The smallest absolute Gasteiger partial charge is 0.258 e. The zero-order valence-corrected chi connectivity index (χ0v) is 9.49. The number of nitrogens with one attached hydrogen (secondary N) is 1. The van der Waals surface area contributed by atoms with Crippen molar-refractivity contribution in [2.24, 2.45) is 0 Å². The van der Waals surface area contributed by atoms with Gasteiger partial charge in [0.25, 0.3) is 5.91 Å². The molecule has 1 amide bonds. The zero-order chi connectivity index (χ0) is 11.5. The first-order valence-corrected chi connectivity index (χ1v) is 5.13. The van der Waals surface area contributed by atoms with Crippen molar-refractivity contribution >= 4 is 27.7 Å². The highest BCUT2D eigenvalue weighted by molar-refractivity contribution is 9.10. The Morgan fingerprint density at radius 1 is 1.44 bits per heavy atom. The highest BCUT2D eigenvalue weighted by Crippen LogP contribution is 2.21. The molecule has 0 saturated carbocycles. The number of aromatic nitrogens is 1.